The summed E-state index contributed by atoms with van der Waals surface area (Å²) in [6.45, 7) is 0. The summed E-state index contributed by atoms with van der Waals surface area (Å²) < 4.78 is 8.84. The standard InChI is InChI=1S/C52H34N4O/c1-3-14-35(15-4-1)51-53-49(54-52(55-51)36-16-5-2-6-17-36)33-37-18-7-8-19-40(37)34-26-29-39(30-27-34)56-46-24-11-9-20-42(46)43-31-28-38(32-47(43)56)41-22-13-23-45-44-21-10-12-25-48(44)57-50(41)45/h1-32H,33H2. The van der Waals surface area contributed by atoms with Crippen molar-refractivity contribution in [3.8, 4) is 50.7 Å². The SMILES string of the molecule is c1ccc(-c2nc(Cc3ccccc3-c3ccc(-n4c5ccccc5c5ccc(-c6cccc7c6oc6ccccc67)cc54)cc3)nc(-c3ccccc3)n2)cc1. The molecule has 3 heterocycles. The van der Waals surface area contributed by atoms with Crippen molar-refractivity contribution in [3.63, 3.8) is 0 Å². The third kappa shape index (κ3) is 5.76. The Bertz CT molecular complexity index is 3200. The maximum atomic E-state index is 6.46. The fraction of sp³-hybridized carbons (Fsp3) is 0.0192. The van der Waals surface area contributed by atoms with E-state index in [0.29, 0.717) is 18.1 Å². The molecule has 3 aromatic heterocycles. The average molecular weight is 731 g/mol. The Hall–Kier alpha value is -7.63. The minimum Gasteiger partial charge on any atom is -0.455 e. The van der Waals surface area contributed by atoms with Crippen LogP contribution in [-0.4, -0.2) is 19.5 Å². The molecule has 0 aliphatic heterocycles. The summed E-state index contributed by atoms with van der Waals surface area (Å²) in [5, 5.41) is 4.69. The van der Waals surface area contributed by atoms with Crippen LogP contribution < -0.4 is 0 Å². The van der Waals surface area contributed by atoms with Gasteiger partial charge in [0.15, 0.2) is 11.6 Å². The maximum Gasteiger partial charge on any atom is 0.163 e. The van der Waals surface area contributed by atoms with E-state index in [1.165, 1.54) is 10.8 Å². The Morgan fingerprint density at radius 1 is 0.404 bits per heavy atom. The summed E-state index contributed by atoms with van der Waals surface area (Å²) in [6.07, 6.45) is 0.563. The second kappa shape index (κ2) is 13.6. The van der Waals surface area contributed by atoms with Crippen molar-refractivity contribution in [2.75, 3.05) is 0 Å². The van der Waals surface area contributed by atoms with Gasteiger partial charge in [0, 0.05) is 50.3 Å². The molecule has 5 nitrogen and oxygen atoms in total. The predicted molar refractivity (Wildman–Crippen MR) is 232 cm³/mol. The lowest BCUT2D eigenvalue weighted by molar-refractivity contribution is 0.670. The molecule has 0 aliphatic carbocycles. The summed E-state index contributed by atoms with van der Waals surface area (Å²) in [6, 6.07) is 67.9. The van der Waals surface area contributed by atoms with Gasteiger partial charge in [-0.15, -0.1) is 0 Å². The van der Waals surface area contributed by atoms with Gasteiger partial charge < -0.3 is 8.98 Å². The van der Waals surface area contributed by atoms with Crippen LogP contribution in [0.25, 0.3) is 94.5 Å². The van der Waals surface area contributed by atoms with E-state index in [-0.39, 0.29) is 0 Å². The largest absolute Gasteiger partial charge is 0.455 e. The molecule has 268 valence electrons. The molecule has 0 N–H and O–H groups in total. The molecule has 0 aliphatic rings. The number of furan rings is 1. The monoisotopic (exact) mass is 730 g/mol. The van der Waals surface area contributed by atoms with Crippen molar-refractivity contribution in [2.24, 2.45) is 0 Å². The quantitative estimate of drug-likeness (QED) is 0.164. The van der Waals surface area contributed by atoms with Crippen LogP contribution in [-0.2, 0) is 6.42 Å². The number of fused-ring (bicyclic) bond motifs is 6. The number of nitrogens with zero attached hydrogens (tertiary/aromatic N) is 4. The van der Waals surface area contributed by atoms with Crippen molar-refractivity contribution in [2.45, 2.75) is 6.42 Å². The third-order valence-electron chi connectivity index (χ3n) is 10.9. The maximum absolute atomic E-state index is 6.46. The lowest BCUT2D eigenvalue weighted by Gasteiger charge is -2.13. The van der Waals surface area contributed by atoms with Gasteiger partial charge >= 0.3 is 0 Å². The van der Waals surface area contributed by atoms with E-state index >= 15 is 0 Å². The van der Waals surface area contributed by atoms with Crippen LogP contribution in [0.5, 0.6) is 0 Å². The molecule has 0 unspecified atom stereocenters. The highest BCUT2D eigenvalue weighted by atomic mass is 16.3. The second-order valence-corrected chi connectivity index (χ2v) is 14.4. The van der Waals surface area contributed by atoms with Gasteiger partial charge in [-0.2, -0.15) is 0 Å². The smallest absolute Gasteiger partial charge is 0.163 e. The number of aromatic nitrogens is 4. The molecule has 0 fully saturated rings. The van der Waals surface area contributed by atoms with Gasteiger partial charge in [0.2, 0.25) is 0 Å². The van der Waals surface area contributed by atoms with E-state index in [1.807, 2.05) is 72.8 Å². The highest BCUT2D eigenvalue weighted by molar-refractivity contribution is 6.13. The second-order valence-electron chi connectivity index (χ2n) is 14.4. The van der Waals surface area contributed by atoms with Crippen molar-refractivity contribution in [1.82, 2.24) is 19.5 Å². The Balaban J connectivity index is 0.987. The fourth-order valence-electron chi connectivity index (χ4n) is 8.24. The molecule has 5 heteroatoms. The van der Waals surface area contributed by atoms with Crippen molar-refractivity contribution in [3.05, 3.63) is 206 Å². The first kappa shape index (κ1) is 32.8. The Morgan fingerprint density at radius 3 is 1.77 bits per heavy atom. The van der Waals surface area contributed by atoms with Gasteiger partial charge in [0.05, 0.1) is 11.0 Å². The minimum absolute atomic E-state index is 0.563. The van der Waals surface area contributed by atoms with E-state index in [0.717, 1.165) is 83.4 Å². The Kier molecular flexibility index (Phi) is 7.81. The summed E-state index contributed by atoms with van der Waals surface area (Å²) >= 11 is 0. The Morgan fingerprint density at radius 2 is 1.00 bits per heavy atom. The molecule has 0 saturated heterocycles. The first-order chi connectivity index (χ1) is 28.2. The zero-order valence-corrected chi connectivity index (χ0v) is 30.9. The van der Waals surface area contributed by atoms with Crippen molar-refractivity contribution in [1.29, 1.82) is 0 Å². The molecule has 0 amide bonds. The van der Waals surface area contributed by atoms with Gasteiger partial charge in [-0.25, -0.2) is 15.0 Å². The van der Waals surface area contributed by atoms with E-state index < -0.39 is 0 Å². The molecule has 11 aromatic rings. The first-order valence-electron chi connectivity index (χ1n) is 19.2. The average Bonchev–Trinajstić information content (AvgIpc) is 3.83. The number of hydrogen-bond donors (Lipinski definition) is 0. The number of benzene rings is 8. The summed E-state index contributed by atoms with van der Waals surface area (Å²) in [4.78, 5) is 14.9. The molecule has 0 bridgehead atoms. The highest BCUT2D eigenvalue weighted by Gasteiger charge is 2.18. The van der Waals surface area contributed by atoms with E-state index in [9.17, 15) is 0 Å². The lowest BCUT2D eigenvalue weighted by atomic mass is 9.97. The molecule has 11 rings (SSSR count). The summed E-state index contributed by atoms with van der Waals surface area (Å²) in [7, 11) is 0. The van der Waals surface area contributed by atoms with Gasteiger partial charge in [0.1, 0.15) is 17.0 Å². The van der Waals surface area contributed by atoms with Crippen molar-refractivity contribution < 1.29 is 4.42 Å². The Labute approximate surface area is 329 Å². The van der Waals surface area contributed by atoms with Crippen LogP contribution in [0.2, 0.25) is 0 Å². The molecule has 0 radical (unpaired) electrons. The van der Waals surface area contributed by atoms with E-state index in [2.05, 4.69) is 126 Å². The molecule has 8 aromatic carbocycles. The zero-order valence-electron chi connectivity index (χ0n) is 30.9. The van der Waals surface area contributed by atoms with Crippen molar-refractivity contribution >= 4 is 43.7 Å². The molecular weight excluding hydrogens is 697 g/mol. The molecule has 57 heavy (non-hydrogen) atoms. The van der Waals surface area contributed by atoms with E-state index in [1.54, 1.807) is 0 Å². The van der Waals surface area contributed by atoms with Gasteiger partial charge in [-0.3, -0.25) is 0 Å². The number of rotatable bonds is 7. The third-order valence-corrected chi connectivity index (χ3v) is 10.9. The van der Waals surface area contributed by atoms with Gasteiger partial charge in [-0.05, 0) is 52.6 Å². The van der Waals surface area contributed by atoms with Crippen LogP contribution in [0.1, 0.15) is 11.4 Å². The summed E-state index contributed by atoms with van der Waals surface area (Å²) in [5.41, 5.74) is 12.8. The minimum atomic E-state index is 0.563. The van der Waals surface area contributed by atoms with Gasteiger partial charge in [-0.1, -0.05) is 164 Å². The first-order valence-corrected chi connectivity index (χ1v) is 19.2. The van der Waals surface area contributed by atoms with Crippen LogP contribution in [0.15, 0.2) is 199 Å². The summed E-state index contributed by atoms with van der Waals surface area (Å²) in [5.74, 6) is 2.07. The van der Waals surface area contributed by atoms with Crippen LogP contribution in [0, 0.1) is 0 Å². The topological polar surface area (TPSA) is 56.7 Å². The van der Waals surface area contributed by atoms with Crippen LogP contribution >= 0.6 is 0 Å². The molecular formula is C52H34N4O. The molecule has 0 saturated carbocycles. The van der Waals surface area contributed by atoms with E-state index in [4.69, 9.17) is 19.4 Å². The van der Waals surface area contributed by atoms with Crippen LogP contribution in [0.3, 0.4) is 0 Å². The number of hydrogen-bond acceptors (Lipinski definition) is 4. The predicted octanol–water partition coefficient (Wildman–Crippen LogP) is 13.1. The number of para-hydroxylation sites is 3. The zero-order chi connectivity index (χ0) is 37.7. The lowest BCUT2D eigenvalue weighted by Crippen LogP contribution is -2.04. The van der Waals surface area contributed by atoms with Gasteiger partial charge in [0.25, 0.3) is 0 Å². The van der Waals surface area contributed by atoms with Crippen LogP contribution in [0.4, 0.5) is 0 Å². The molecule has 0 spiro atoms. The fourth-order valence-corrected chi connectivity index (χ4v) is 8.24. The highest BCUT2D eigenvalue weighted by Crippen LogP contribution is 2.39. The molecule has 0 atom stereocenters. The normalized spacial score (nSPS) is 11.6.